The molecule has 0 aliphatic heterocycles. The zero-order valence-electron chi connectivity index (χ0n) is 23.3. The Morgan fingerprint density at radius 1 is 0.953 bits per heavy atom. The van der Waals surface area contributed by atoms with E-state index in [1.165, 1.54) is 31.3 Å². The van der Waals surface area contributed by atoms with Crippen LogP contribution in [0.5, 0.6) is 0 Å². The lowest BCUT2D eigenvalue weighted by Crippen LogP contribution is -2.35. The normalized spacial score (nSPS) is 13.8. The van der Waals surface area contributed by atoms with E-state index in [9.17, 15) is 14.0 Å². The van der Waals surface area contributed by atoms with Crippen LogP contribution in [0, 0.1) is 18.6 Å². The number of halogens is 2. The molecular formula is C34H26F2N4O3. The number of hydrogen-bond donors (Lipinski definition) is 3. The van der Waals surface area contributed by atoms with Gasteiger partial charge in [-0.25, -0.2) is 8.78 Å². The average molecular weight is 577 g/mol. The smallest absolute Gasteiger partial charge is 0.255 e. The number of benzene rings is 3. The highest BCUT2D eigenvalue weighted by Gasteiger charge is 2.48. The zero-order chi connectivity index (χ0) is 29.9. The summed E-state index contributed by atoms with van der Waals surface area (Å²) in [6.45, 7) is 1.83. The van der Waals surface area contributed by atoms with Gasteiger partial charge in [0.25, 0.3) is 11.8 Å². The summed E-state index contributed by atoms with van der Waals surface area (Å²) in [7, 11) is 1.45. The third-order valence-corrected chi connectivity index (χ3v) is 8.18. The molecule has 0 saturated heterocycles. The number of hydrogen-bond acceptors (Lipinski definition) is 4. The first-order valence-electron chi connectivity index (χ1n) is 13.9. The van der Waals surface area contributed by atoms with Crippen LogP contribution in [0.15, 0.2) is 83.5 Å². The average Bonchev–Trinajstić information content (AvgIpc) is 3.43. The minimum atomic E-state index is -0.657. The second kappa shape index (κ2) is 9.90. The van der Waals surface area contributed by atoms with Crippen LogP contribution in [0.4, 0.5) is 8.78 Å². The molecular weight excluding hydrogens is 550 g/mol. The number of fused-ring (bicyclic) bond motifs is 2. The Bertz CT molecular complexity index is 2070. The van der Waals surface area contributed by atoms with Crippen LogP contribution in [0.3, 0.4) is 0 Å². The van der Waals surface area contributed by atoms with E-state index in [4.69, 9.17) is 4.42 Å². The second-order valence-corrected chi connectivity index (χ2v) is 10.9. The number of amides is 2. The van der Waals surface area contributed by atoms with Crippen molar-refractivity contribution in [1.29, 1.82) is 0 Å². The molecule has 43 heavy (non-hydrogen) atoms. The van der Waals surface area contributed by atoms with E-state index in [0.29, 0.717) is 16.7 Å². The van der Waals surface area contributed by atoms with E-state index in [-0.39, 0.29) is 33.8 Å². The Morgan fingerprint density at radius 2 is 1.74 bits per heavy atom. The lowest BCUT2D eigenvalue weighted by atomic mass is 9.94. The number of furan rings is 1. The lowest BCUT2D eigenvalue weighted by Gasteiger charge is -2.19. The van der Waals surface area contributed by atoms with Gasteiger partial charge in [-0.2, -0.15) is 0 Å². The number of rotatable bonds is 6. The summed E-state index contributed by atoms with van der Waals surface area (Å²) < 4.78 is 36.0. The Kier molecular flexibility index (Phi) is 6.12. The van der Waals surface area contributed by atoms with Gasteiger partial charge in [-0.3, -0.25) is 14.6 Å². The van der Waals surface area contributed by atoms with Crippen LogP contribution in [0.25, 0.3) is 44.3 Å². The fourth-order valence-corrected chi connectivity index (χ4v) is 5.76. The molecule has 0 atom stereocenters. The summed E-state index contributed by atoms with van der Waals surface area (Å²) in [5.41, 5.74) is 3.68. The number of H-pyrrole nitrogens is 1. The Morgan fingerprint density at radius 3 is 2.49 bits per heavy atom. The highest BCUT2D eigenvalue weighted by Crippen LogP contribution is 2.47. The highest BCUT2D eigenvalue weighted by molar-refractivity contribution is 6.12. The van der Waals surface area contributed by atoms with Crippen LogP contribution < -0.4 is 10.6 Å². The maximum Gasteiger partial charge on any atom is 0.255 e. The fraction of sp³-hybridized carbons (Fsp3) is 0.147. The summed E-state index contributed by atoms with van der Waals surface area (Å²) in [4.78, 5) is 34.4. The first-order chi connectivity index (χ1) is 20.8. The van der Waals surface area contributed by atoms with Crippen molar-refractivity contribution in [3.05, 3.63) is 113 Å². The molecule has 9 heteroatoms. The first-order valence-corrected chi connectivity index (χ1v) is 13.9. The molecule has 3 aromatic carbocycles. The van der Waals surface area contributed by atoms with Crippen molar-refractivity contribution >= 4 is 33.7 Å². The largest absolute Gasteiger partial charge is 0.455 e. The molecule has 0 bridgehead atoms. The van der Waals surface area contributed by atoms with Gasteiger partial charge in [-0.05, 0) is 91.6 Å². The van der Waals surface area contributed by atoms with E-state index >= 15 is 4.39 Å². The number of carbonyl (C=O) groups excluding carboxylic acids is 2. The minimum Gasteiger partial charge on any atom is -0.455 e. The molecule has 7 rings (SSSR count). The SMILES string of the molecule is CNC(=O)c1c(-c2ccc(F)cc2)oc2ccc(-c3cc(C(=O)NC4(c5nccc6[nH]ccc56)CC4)ccc3C)c(F)c12. The third-order valence-electron chi connectivity index (χ3n) is 8.18. The summed E-state index contributed by atoms with van der Waals surface area (Å²) in [6.07, 6.45) is 5.11. The topological polar surface area (TPSA) is 100 Å². The minimum absolute atomic E-state index is 0.00744. The number of nitrogens with zero attached hydrogens (tertiary/aromatic N) is 1. The summed E-state index contributed by atoms with van der Waals surface area (Å²) in [6, 6.07) is 17.6. The predicted molar refractivity (Wildman–Crippen MR) is 160 cm³/mol. The van der Waals surface area contributed by atoms with Gasteiger partial charge in [0.2, 0.25) is 0 Å². The highest BCUT2D eigenvalue weighted by atomic mass is 19.1. The summed E-state index contributed by atoms with van der Waals surface area (Å²) in [5, 5.41) is 6.70. The van der Waals surface area contributed by atoms with Crippen molar-refractivity contribution in [2.24, 2.45) is 0 Å². The summed E-state index contributed by atoms with van der Waals surface area (Å²) >= 11 is 0. The quantitative estimate of drug-likeness (QED) is 0.199. The van der Waals surface area contributed by atoms with Crippen LogP contribution in [0.2, 0.25) is 0 Å². The number of aromatic nitrogens is 2. The van der Waals surface area contributed by atoms with Crippen molar-refractivity contribution in [2.75, 3.05) is 7.05 Å². The Balaban J connectivity index is 1.29. The van der Waals surface area contributed by atoms with Crippen LogP contribution in [0.1, 0.15) is 44.8 Å². The Hall–Kier alpha value is -5.31. The molecule has 6 aromatic rings. The number of carbonyl (C=O) groups is 2. The Labute approximate surface area is 244 Å². The molecule has 0 radical (unpaired) electrons. The van der Waals surface area contributed by atoms with E-state index in [1.54, 1.807) is 36.5 Å². The molecule has 0 spiro atoms. The molecule has 3 aromatic heterocycles. The molecule has 0 unspecified atom stereocenters. The van der Waals surface area contributed by atoms with Crippen molar-refractivity contribution in [2.45, 2.75) is 25.3 Å². The van der Waals surface area contributed by atoms with Gasteiger partial charge in [-0.1, -0.05) is 6.07 Å². The van der Waals surface area contributed by atoms with Crippen molar-refractivity contribution in [3.8, 4) is 22.5 Å². The van der Waals surface area contributed by atoms with Crippen LogP contribution in [-0.2, 0) is 5.54 Å². The van der Waals surface area contributed by atoms with Gasteiger partial charge in [0.1, 0.15) is 23.0 Å². The fourth-order valence-electron chi connectivity index (χ4n) is 5.76. The number of aryl methyl sites for hydroxylation is 1. The standard InChI is InChI=1S/C34H26F2N4O3/c1-18-3-4-20(32(41)40-34(13-14-34)31-23-11-15-38-25(23)12-16-39-31)17-24(18)22-9-10-26-27(29(22)36)28(33(42)37-2)30(43-26)19-5-7-21(35)8-6-19/h3-12,15-17,38H,13-14H2,1-2H3,(H,37,42)(H,40,41). The van der Waals surface area contributed by atoms with Gasteiger partial charge in [0.15, 0.2) is 0 Å². The van der Waals surface area contributed by atoms with Crippen LogP contribution in [-0.4, -0.2) is 28.8 Å². The number of nitrogens with one attached hydrogen (secondary N) is 3. The zero-order valence-corrected chi connectivity index (χ0v) is 23.3. The molecule has 3 heterocycles. The van der Waals surface area contributed by atoms with Crippen LogP contribution >= 0.6 is 0 Å². The van der Waals surface area contributed by atoms with Gasteiger partial charge in [0.05, 0.1) is 22.2 Å². The lowest BCUT2D eigenvalue weighted by molar-refractivity contribution is 0.0928. The molecule has 7 nitrogen and oxygen atoms in total. The second-order valence-electron chi connectivity index (χ2n) is 10.9. The maximum atomic E-state index is 16.4. The number of aromatic amines is 1. The van der Waals surface area contributed by atoms with Crippen molar-refractivity contribution in [3.63, 3.8) is 0 Å². The third kappa shape index (κ3) is 4.35. The van der Waals surface area contributed by atoms with Gasteiger partial charge >= 0.3 is 0 Å². The molecule has 3 N–H and O–H groups in total. The van der Waals surface area contributed by atoms with E-state index in [0.717, 1.165) is 35.0 Å². The van der Waals surface area contributed by atoms with Crippen molar-refractivity contribution in [1.82, 2.24) is 20.6 Å². The molecule has 1 aliphatic rings. The summed E-state index contributed by atoms with van der Waals surface area (Å²) in [5.74, 6) is -1.80. The number of pyridine rings is 1. The van der Waals surface area contributed by atoms with Gasteiger partial charge in [-0.15, -0.1) is 0 Å². The predicted octanol–water partition coefficient (Wildman–Crippen LogP) is 7.01. The van der Waals surface area contributed by atoms with E-state index in [2.05, 4.69) is 20.6 Å². The molecule has 1 saturated carbocycles. The molecule has 214 valence electrons. The first kappa shape index (κ1) is 26.6. The van der Waals surface area contributed by atoms with Crippen molar-refractivity contribution < 1.29 is 22.8 Å². The maximum absolute atomic E-state index is 16.4. The molecule has 1 aliphatic carbocycles. The van der Waals surface area contributed by atoms with E-state index in [1.807, 2.05) is 25.3 Å². The van der Waals surface area contributed by atoms with E-state index < -0.39 is 23.1 Å². The monoisotopic (exact) mass is 576 g/mol. The van der Waals surface area contributed by atoms with Gasteiger partial charge < -0.3 is 20.0 Å². The van der Waals surface area contributed by atoms with Gasteiger partial charge in [0, 0.05) is 47.0 Å². The molecule has 1 fully saturated rings. The molecule has 2 amide bonds.